The Bertz CT molecular complexity index is 325. The third kappa shape index (κ3) is 4.46. The monoisotopic (exact) mass is 292 g/mol. The minimum atomic E-state index is -0.700. The first kappa shape index (κ1) is 12.9. The number of hydrogen-bond acceptors (Lipinski definition) is 5. The third-order valence-electron chi connectivity index (χ3n) is 1.67. The highest BCUT2D eigenvalue weighted by atomic mass is 79.9. The fraction of sp³-hybridized carbons (Fsp3) is 0.556. The number of halogens is 1. The van der Waals surface area contributed by atoms with Crippen molar-refractivity contribution in [1.82, 2.24) is 9.97 Å². The van der Waals surface area contributed by atoms with Gasteiger partial charge in [0.2, 0.25) is 0 Å². The second-order valence-electron chi connectivity index (χ2n) is 2.95. The highest BCUT2D eigenvalue weighted by Crippen LogP contribution is 2.19. The minimum absolute atomic E-state index is 0.222. The van der Waals surface area contributed by atoms with Crippen LogP contribution in [0.1, 0.15) is 12.7 Å². The maximum atomic E-state index is 9.19. The second-order valence-corrected chi connectivity index (χ2v) is 4.80. The molecule has 1 rings (SSSR count). The molecule has 15 heavy (non-hydrogen) atoms. The summed E-state index contributed by atoms with van der Waals surface area (Å²) >= 11 is 4.71. The molecule has 0 bridgehead atoms. The van der Waals surface area contributed by atoms with Crippen molar-refractivity contribution in [1.29, 1.82) is 0 Å². The van der Waals surface area contributed by atoms with Gasteiger partial charge in [0.1, 0.15) is 15.5 Å². The molecule has 1 unspecified atom stereocenters. The molecule has 0 spiro atoms. The van der Waals surface area contributed by atoms with Crippen molar-refractivity contribution < 1.29 is 10.2 Å². The van der Waals surface area contributed by atoms with E-state index >= 15 is 0 Å². The first-order valence-corrected chi connectivity index (χ1v) is 6.38. The van der Waals surface area contributed by atoms with E-state index in [1.807, 2.05) is 6.92 Å². The van der Waals surface area contributed by atoms with Crippen molar-refractivity contribution in [3.05, 3.63) is 16.5 Å². The Kier molecular flexibility index (Phi) is 5.52. The molecule has 1 heterocycles. The smallest absolute Gasteiger partial charge is 0.130 e. The van der Waals surface area contributed by atoms with E-state index < -0.39 is 6.10 Å². The predicted octanol–water partition coefficient (Wildman–Crippen LogP) is 1.25. The van der Waals surface area contributed by atoms with E-state index in [1.165, 1.54) is 11.8 Å². The lowest BCUT2D eigenvalue weighted by molar-refractivity contribution is 0.113. The Labute approximate surface area is 101 Å². The summed E-state index contributed by atoms with van der Waals surface area (Å²) in [6.07, 6.45) is 0.0732. The molecule has 0 aromatic carbocycles. The first-order chi connectivity index (χ1) is 7.15. The topological polar surface area (TPSA) is 66.2 Å². The van der Waals surface area contributed by atoms with Crippen LogP contribution in [0.3, 0.4) is 0 Å². The van der Waals surface area contributed by atoms with Crippen molar-refractivity contribution in [2.45, 2.75) is 24.5 Å². The van der Waals surface area contributed by atoms with Gasteiger partial charge in [-0.3, -0.25) is 0 Å². The zero-order chi connectivity index (χ0) is 11.3. The number of nitrogens with zero attached hydrogens (tertiary/aromatic N) is 2. The van der Waals surface area contributed by atoms with Gasteiger partial charge in [0, 0.05) is 18.2 Å². The summed E-state index contributed by atoms with van der Waals surface area (Å²) in [5.41, 5.74) is 0. The molecule has 6 heteroatoms. The summed E-state index contributed by atoms with van der Waals surface area (Å²) in [5.74, 6) is 1.20. The van der Waals surface area contributed by atoms with Crippen LogP contribution in [0.25, 0.3) is 0 Å². The Hall–Kier alpha value is -0.170. The fourth-order valence-corrected chi connectivity index (χ4v) is 2.31. The van der Waals surface area contributed by atoms with Crippen LogP contribution in [-0.4, -0.2) is 38.6 Å². The van der Waals surface area contributed by atoms with E-state index in [-0.39, 0.29) is 6.61 Å². The maximum Gasteiger partial charge on any atom is 0.130 e. The predicted molar refractivity (Wildman–Crippen MR) is 62.9 cm³/mol. The van der Waals surface area contributed by atoms with Crippen molar-refractivity contribution in [3.8, 4) is 0 Å². The van der Waals surface area contributed by atoms with Crippen LogP contribution in [0.2, 0.25) is 0 Å². The van der Waals surface area contributed by atoms with Crippen molar-refractivity contribution in [2.75, 3.05) is 12.4 Å². The summed E-state index contributed by atoms with van der Waals surface area (Å²) in [4.78, 5) is 8.47. The van der Waals surface area contributed by atoms with Gasteiger partial charge in [-0.2, -0.15) is 0 Å². The van der Waals surface area contributed by atoms with Gasteiger partial charge in [-0.15, -0.1) is 11.8 Å². The number of aryl methyl sites for hydroxylation is 1. The van der Waals surface area contributed by atoms with E-state index in [1.54, 1.807) is 6.07 Å². The molecule has 1 aromatic rings. The summed E-state index contributed by atoms with van der Waals surface area (Å²) in [6.45, 7) is 1.76. The lowest BCUT2D eigenvalue weighted by Gasteiger charge is -2.06. The SMILES string of the molecule is CCc1nc(Br)cc(SCC(O)CO)n1. The molecule has 0 saturated carbocycles. The van der Waals surface area contributed by atoms with Crippen molar-refractivity contribution >= 4 is 27.7 Å². The number of aliphatic hydroxyl groups is 2. The molecule has 84 valence electrons. The summed E-state index contributed by atoms with van der Waals surface area (Å²) in [6, 6.07) is 1.80. The quantitative estimate of drug-likeness (QED) is 0.632. The van der Waals surface area contributed by atoms with Gasteiger partial charge in [0.25, 0.3) is 0 Å². The Morgan fingerprint density at radius 3 is 2.87 bits per heavy atom. The van der Waals surface area contributed by atoms with Crippen LogP contribution in [0, 0.1) is 0 Å². The lowest BCUT2D eigenvalue weighted by Crippen LogP contribution is -2.14. The number of aromatic nitrogens is 2. The van der Waals surface area contributed by atoms with Crippen molar-refractivity contribution in [3.63, 3.8) is 0 Å². The van der Waals surface area contributed by atoms with Crippen LogP contribution in [0.15, 0.2) is 15.7 Å². The molecule has 2 N–H and O–H groups in total. The molecule has 0 amide bonds. The molecule has 1 atom stereocenters. The van der Waals surface area contributed by atoms with Crippen LogP contribution in [0.4, 0.5) is 0 Å². The van der Waals surface area contributed by atoms with Crippen LogP contribution in [0.5, 0.6) is 0 Å². The summed E-state index contributed by atoms with van der Waals surface area (Å²) in [5, 5.41) is 18.7. The lowest BCUT2D eigenvalue weighted by atomic mass is 10.4. The molecule has 4 nitrogen and oxygen atoms in total. The van der Waals surface area contributed by atoms with E-state index in [0.717, 1.165) is 21.9 Å². The zero-order valence-electron chi connectivity index (χ0n) is 8.35. The number of rotatable bonds is 5. The van der Waals surface area contributed by atoms with Gasteiger partial charge in [0.15, 0.2) is 0 Å². The largest absolute Gasteiger partial charge is 0.394 e. The fourth-order valence-electron chi connectivity index (χ4n) is 0.908. The van der Waals surface area contributed by atoms with Gasteiger partial charge < -0.3 is 10.2 Å². The van der Waals surface area contributed by atoms with Gasteiger partial charge in [-0.1, -0.05) is 6.92 Å². The molecule has 0 aliphatic carbocycles. The Balaban J connectivity index is 2.64. The standard InChI is InChI=1S/C9H13BrN2O2S/c1-2-8-11-7(10)3-9(12-8)15-5-6(14)4-13/h3,6,13-14H,2,4-5H2,1H3. The minimum Gasteiger partial charge on any atom is -0.394 e. The number of thioether (sulfide) groups is 1. The summed E-state index contributed by atoms with van der Waals surface area (Å²) < 4.78 is 0.746. The van der Waals surface area contributed by atoms with E-state index in [2.05, 4.69) is 25.9 Å². The third-order valence-corrected chi connectivity index (χ3v) is 3.13. The van der Waals surface area contributed by atoms with Crippen molar-refractivity contribution in [2.24, 2.45) is 0 Å². The average molecular weight is 293 g/mol. The molecular weight excluding hydrogens is 280 g/mol. The average Bonchev–Trinajstić information content (AvgIpc) is 2.25. The van der Waals surface area contributed by atoms with Crippen LogP contribution < -0.4 is 0 Å². The Morgan fingerprint density at radius 1 is 1.53 bits per heavy atom. The molecule has 0 fully saturated rings. The molecule has 0 saturated heterocycles. The molecular formula is C9H13BrN2O2S. The van der Waals surface area contributed by atoms with Crippen LogP contribution >= 0.6 is 27.7 Å². The second kappa shape index (κ2) is 6.42. The highest BCUT2D eigenvalue weighted by molar-refractivity contribution is 9.10. The van der Waals surface area contributed by atoms with E-state index in [4.69, 9.17) is 5.11 Å². The maximum absolute atomic E-state index is 9.19. The Morgan fingerprint density at radius 2 is 2.27 bits per heavy atom. The van der Waals surface area contributed by atoms with E-state index in [9.17, 15) is 5.11 Å². The van der Waals surface area contributed by atoms with Gasteiger partial charge >= 0.3 is 0 Å². The molecule has 0 aliphatic heterocycles. The number of aliphatic hydroxyl groups excluding tert-OH is 2. The molecule has 0 aliphatic rings. The highest BCUT2D eigenvalue weighted by Gasteiger charge is 2.06. The first-order valence-electron chi connectivity index (χ1n) is 4.61. The molecule has 0 radical (unpaired) electrons. The van der Waals surface area contributed by atoms with Gasteiger partial charge in [-0.05, 0) is 15.9 Å². The van der Waals surface area contributed by atoms with Crippen LogP contribution in [-0.2, 0) is 6.42 Å². The number of hydrogen-bond donors (Lipinski definition) is 2. The van der Waals surface area contributed by atoms with E-state index in [0.29, 0.717) is 5.75 Å². The van der Waals surface area contributed by atoms with Gasteiger partial charge in [-0.25, -0.2) is 9.97 Å². The van der Waals surface area contributed by atoms with Gasteiger partial charge in [0.05, 0.1) is 12.7 Å². The summed E-state index contributed by atoms with van der Waals surface area (Å²) in [7, 11) is 0. The molecule has 1 aromatic heterocycles. The normalized spacial score (nSPS) is 12.8. The zero-order valence-corrected chi connectivity index (χ0v) is 10.8.